The Balaban J connectivity index is 1.37. The normalized spacial score (nSPS) is 14.6. The number of amides is 1. The van der Waals surface area contributed by atoms with Crippen molar-refractivity contribution < 1.29 is 24.3 Å². The van der Waals surface area contributed by atoms with Gasteiger partial charge in [-0.15, -0.1) is 0 Å². The minimum Gasteiger partial charge on any atom is -0.477 e. The summed E-state index contributed by atoms with van der Waals surface area (Å²) >= 11 is 0. The number of nitrogens with zero attached hydrogens (tertiary/aromatic N) is 4. The molecular weight excluding hydrogens is 493 g/mol. The van der Waals surface area contributed by atoms with Crippen LogP contribution in [0.4, 0.5) is 15.8 Å². The van der Waals surface area contributed by atoms with Crippen LogP contribution < -0.4 is 15.6 Å². The summed E-state index contributed by atoms with van der Waals surface area (Å²) in [4.78, 5) is 40.5. The van der Waals surface area contributed by atoms with E-state index in [1.54, 1.807) is 41.8 Å². The average molecular weight is 524 g/mol. The zero-order valence-electron chi connectivity index (χ0n) is 21.3. The van der Waals surface area contributed by atoms with Gasteiger partial charge in [0.15, 0.2) is 0 Å². The Morgan fingerprint density at radius 2 is 1.79 bits per heavy atom. The van der Waals surface area contributed by atoms with Crippen LogP contribution in [-0.4, -0.2) is 70.1 Å². The third-order valence-electron chi connectivity index (χ3n) is 6.82. The number of hydrogen-bond donors (Lipinski definition) is 3. The van der Waals surface area contributed by atoms with E-state index in [-0.39, 0.29) is 16.9 Å². The summed E-state index contributed by atoms with van der Waals surface area (Å²) in [7, 11) is 0. The molecule has 0 atom stereocenters. The number of rotatable bonds is 8. The lowest BCUT2D eigenvalue weighted by atomic mass is 10.1. The van der Waals surface area contributed by atoms with Crippen molar-refractivity contribution in [2.45, 2.75) is 26.8 Å². The first-order chi connectivity index (χ1) is 18.2. The van der Waals surface area contributed by atoms with Crippen LogP contribution in [0.3, 0.4) is 0 Å². The maximum atomic E-state index is 15.1. The Kier molecular flexibility index (Phi) is 8.06. The van der Waals surface area contributed by atoms with Crippen molar-refractivity contribution in [3.8, 4) is 0 Å². The highest BCUT2D eigenvalue weighted by Crippen LogP contribution is 2.26. The number of pyridine rings is 1. The minimum absolute atomic E-state index is 0.0453. The molecular formula is C27H30FN5O5. The fourth-order valence-corrected chi connectivity index (χ4v) is 4.60. The van der Waals surface area contributed by atoms with Crippen molar-refractivity contribution in [3.05, 3.63) is 69.8 Å². The van der Waals surface area contributed by atoms with Crippen LogP contribution in [-0.2, 0) is 11.3 Å². The SMILES string of the molecule is CCn1cc(C(=O)O)c(=O)c2cc(F)c(N3CCN(CCC(=O)Nc4ccc(/C(C)=N/O)cc4)CC3)cc21. The molecule has 2 aromatic carbocycles. The number of carbonyl (C=O) groups excluding carboxylic acids is 1. The van der Waals surface area contributed by atoms with Gasteiger partial charge in [0.05, 0.1) is 16.9 Å². The van der Waals surface area contributed by atoms with Gasteiger partial charge in [-0.2, -0.15) is 0 Å². The number of oxime groups is 1. The average Bonchev–Trinajstić information content (AvgIpc) is 2.92. The minimum atomic E-state index is -1.34. The summed E-state index contributed by atoms with van der Waals surface area (Å²) in [6.45, 7) is 6.86. The summed E-state index contributed by atoms with van der Waals surface area (Å²) in [5, 5.41) is 24.2. The fourth-order valence-electron chi connectivity index (χ4n) is 4.60. The molecule has 200 valence electrons. The van der Waals surface area contributed by atoms with E-state index in [2.05, 4.69) is 15.4 Å². The molecule has 10 nitrogen and oxygen atoms in total. The van der Waals surface area contributed by atoms with Crippen LogP contribution in [0.25, 0.3) is 10.9 Å². The van der Waals surface area contributed by atoms with Crippen LogP contribution in [0.15, 0.2) is 52.5 Å². The Bertz CT molecular complexity index is 1440. The van der Waals surface area contributed by atoms with Crippen LogP contribution in [0, 0.1) is 5.82 Å². The van der Waals surface area contributed by atoms with Gasteiger partial charge in [-0.05, 0) is 43.7 Å². The summed E-state index contributed by atoms with van der Waals surface area (Å²) in [6.07, 6.45) is 1.61. The monoisotopic (exact) mass is 523 g/mol. The van der Waals surface area contributed by atoms with Gasteiger partial charge in [-0.25, -0.2) is 9.18 Å². The van der Waals surface area contributed by atoms with Crippen LogP contribution in [0.2, 0.25) is 0 Å². The molecule has 3 aromatic rings. The molecule has 0 unspecified atom stereocenters. The predicted octanol–water partition coefficient (Wildman–Crippen LogP) is 3.21. The first-order valence-corrected chi connectivity index (χ1v) is 12.4. The Labute approximate surface area is 218 Å². The number of carboxylic acids is 1. The summed E-state index contributed by atoms with van der Waals surface area (Å²) < 4.78 is 16.7. The van der Waals surface area contributed by atoms with Gasteiger partial charge < -0.3 is 25.1 Å². The Morgan fingerprint density at radius 3 is 2.39 bits per heavy atom. The molecule has 0 radical (unpaired) electrons. The van der Waals surface area contributed by atoms with E-state index in [9.17, 15) is 19.5 Å². The molecule has 11 heteroatoms. The van der Waals surface area contributed by atoms with Crippen molar-refractivity contribution >= 4 is 39.9 Å². The number of aromatic nitrogens is 1. The first kappa shape index (κ1) is 26.8. The molecule has 4 rings (SSSR count). The smallest absolute Gasteiger partial charge is 0.341 e. The second-order valence-electron chi connectivity index (χ2n) is 9.17. The van der Waals surface area contributed by atoms with Gasteiger partial charge in [0.1, 0.15) is 11.4 Å². The molecule has 3 N–H and O–H groups in total. The quantitative estimate of drug-likeness (QED) is 0.235. The number of carbonyl (C=O) groups is 2. The molecule has 0 spiro atoms. The number of hydrogen-bond acceptors (Lipinski definition) is 7. The lowest BCUT2D eigenvalue weighted by molar-refractivity contribution is -0.116. The summed E-state index contributed by atoms with van der Waals surface area (Å²) in [5.74, 6) is -2.03. The topological polar surface area (TPSA) is 127 Å². The van der Waals surface area contributed by atoms with E-state index in [0.29, 0.717) is 68.3 Å². The number of aryl methyl sites for hydroxylation is 1. The van der Waals surface area contributed by atoms with Crippen molar-refractivity contribution in [1.82, 2.24) is 9.47 Å². The molecule has 0 bridgehead atoms. The number of carboxylic acid groups (broad SMARTS) is 1. The van der Waals surface area contributed by atoms with E-state index >= 15 is 4.39 Å². The molecule has 0 saturated carbocycles. The number of nitrogens with one attached hydrogen (secondary N) is 1. The van der Waals surface area contributed by atoms with E-state index < -0.39 is 17.2 Å². The Hall–Kier alpha value is -4.25. The first-order valence-electron chi connectivity index (χ1n) is 12.4. The summed E-state index contributed by atoms with van der Waals surface area (Å²) in [6, 6.07) is 9.77. The van der Waals surface area contributed by atoms with Crippen LogP contribution >= 0.6 is 0 Å². The number of aromatic carboxylic acids is 1. The molecule has 1 aliphatic heterocycles. The van der Waals surface area contributed by atoms with Gasteiger partial charge >= 0.3 is 5.97 Å². The van der Waals surface area contributed by atoms with E-state index in [1.807, 2.05) is 11.8 Å². The predicted molar refractivity (Wildman–Crippen MR) is 143 cm³/mol. The van der Waals surface area contributed by atoms with Gasteiger partial charge in [-0.1, -0.05) is 17.3 Å². The Morgan fingerprint density at radius 1 is 1.11 bits per heavy atom. The number of piperazine rings is 1. The number of halogens is 1. The van der Waals surface area contributed by atoms with Gasteiger partial charge in [0.25, 0.3) is 0 Å². The molecule has 1 amide bonds. The van der Waals surface area contributed by atoms with Crippen molar-refractivity contribution in [2.75, 3.05) is 42.9 Å². The second kappa shape index (κ2) is 11.4. The number of anilines is 2. The second-order valence-corrected chi connectivity index (χ2v) is 9.17. The standard InChI is InChI=1S/C27H30FN5O5/c1-3-32-16-21(27(36)37)26(35)20-14-22(28)24(15-23(20)32)33-12-10-31(11-13-33)9-8-25(34)29-19-6-4-18(5-7-19)17(2)30-38/h4-7,14-16,38H,3,8-13H2,1-2H3,(H,29,34)(H,36,37)/b30-17+. The van der Waals surface area contributed by atoms with Crippen LogP contribution in [0.1, 0.15) is 36.2 Å². The van der Waals surface area contributed by atoms with E-state index in [1.165, 1.54) is 6.20 Å². The highest BCUT2D eigenvalue weighted by Gasteiger charge is 2.23. The van der Waals surface area contributed by atoms with Crippen molar-refractivity contribution in [1.29, 1.82) is 0 Å². The maximum Gasteiger partial charge on any atom is 0.341 e. The van der Waals surface area contributed by atoms with Crippen LogP contribution in [0.5, 0.6) is 0 Å². The number of fused-ring (bicyclic) bond motifs is 1. The zero-order chi connectivity index (χ0) is 27.4. The fraction of sp³-hybridized carbons (Fsp3) is 0.333. The van der Waals surface area contributed by atoms with Crippen molar-refractivity contribution in [2.24, 2.45) is 5.16 Å². The molecule has 1 aliphatic rings. The highest BCUT2D eigenvalue weighted by molar-refractivity contribution is 5.99. The molecule has 0 aliphatic carbocycles. The highest BCUT2D eigenvalue weighted by atomic mass is 19.1. The summed E-state index contributed by atoms with van der Waals surface area (Å²) in [5.41, 5.74) is 1.67. The largest absolute Gasteiger partial charge is 0.477 e. The number of benzene rings is 2. The molecule has 1 aromatic heterocycles. The van der Waals surface area contributed by atoms with Gasteiger partial charge in [0.2, 0.25) is 11.3 Å². The maximum absolute atomic E-state index is 15.1. The van der Waals surface area contributed by atoms with E-state index in [0.717, 1.165) is 11.6 Å². The third-order valence-corrected chi connectivity index (χ3v) is 6.82. The van der Waals surface area contributed by atoms with E-state index in [4.69, 9.17) is 5.21 Å². The molecule has 2 heterocycles. The van der Waals surface area contributed by atoms with Gasteiger partial charge in [-0.3, -0.25) is 14.5 Å². The molecule has 1 saturated heterocycles. The zero-order valence-corrected chi connectivity index (χ0v) is 21.3. The molecule has 38 heavy (non-hydrogen) atoms. The van der Waals surface area contributed by atoms with Gasteiger partial charge in [0, 0.05) is 63.0 Å². The lowest BCUT2D eigenvalue weighted by Gasteiger charge is -2.36. The van der Waals surface area contributed by atoms with Crippen molar-refractivity contribution in [3.63, 3.8) is 0 Å². The lowest BCUT2D eigenvalue weighted by Crippen LogP contribution is -2.47. The molecule has 1 fully saturated rings. The third kappa shape index (κ3) is 5.67.